The summed E-state index contributed by atoms with van der Waals surface area (Å²) in [5, 5.41) is 1.06. The zero-order chi connectivity index (χ0) is 25.8. The highest BCUT2D eigenvalue weighted by molar-refractivity contribution is 7.85. The molecule has 7 heteroatoms. The van der Waals surface area contributed by atoms with Crippen molar-refractivity contribution < 1.29 is 17.5 Å². The van der Waals surface area contributed by atoms with Crippen LogP contribution in [0, 0.1) is 0 Å². The van der Waals surface area contributed by atoms with Gasteiger partial charge in [-0.3, -0.25) is 4.55 Å². The number of rotatable bonds is 9. The zero-order valence-electron chi connectivity index (χ0n) is 20.9. The largest absolute Gasteiger partial charge is 0.314 e. The predicted octanol–water partition coefficient (Wildman–Crippen LogP) is 7.23. The number of nitrogens with zero attached hydrogens (tertiary/aromatic N) is 2. The van der Waals surface area contributed by atoms with Gasteiger partial charge in [-0.25, -0.2) is 0 Å². The summed E-state index contributed by atoms with van der Waals surface area (Å²) in [6.45, 7) is 2.72. The summed E-state index contributed by atoms with van der Waals surface area (Å²) >= 11 is 1.70. The molecule has 0 aliphatic carbocycles. The van der Waals surface area contributed by atoms with Crippen LogP contribution in [0.15, 0.2) is 90.6 Å². The van der Waals surface area contributed by atoms with Crippen molar-refractivity contribution in [1.29, 1.82) is 0 Å². The van der Waals surface area contributed by atoms with Gasteiger partial charge in [-0.15, -0.1) is 0 Å². The minimum absolute atomic E-state index is 0.254. The molecule has 3 aromatic carbocycles. The van der Waals surface area contributed by atoms with E-state index in [0.29, 0.717) is 13.0 Å². The van der Waals surface area contributed by atoms with Gasteiger partial charge in [0.2, 0.25) is 5.52 Å². The number of unbranched alkanes of at least 4 members (excludes halogenated alkanes) is 1. The second kappa shape index (κ2) is 11.0. The Kier molecular flexibility index (Phi) is 7.55. The summed E-state index contributed by atoms with van der Waals surface area (Å²) in [4.78, 5) is 2.37. The highest BCUT2D eigenvalue weighted by atomic mass is 32.2. The summed E-state index contributed by atoms with van der Waals surface area (Å²) in [6.07, 6.45) is 8.06. The van der Waals surface area contributed by atoms with Crippen LogP contribution in [0.2, 0.25) is 0 Å². The molecule has 1 aliphatic rings. The van der Waals surface area contributed by atoms with E-state index in [2.05, 4.69) is 89.2 Å². The van der Waals surface area contributed by atoms with Crippen LogP contribution in [0.4, 0.5) is 11.4 Å². The molecule has 0 radical (unpaired) electrons. The number of hydrogen-bond acceptors (Lipinski definition) is 4. The van der Waals surface area contributed by atoms with E-state index < -0.39 is 10.1 Å². The Bertz CT molecular complexity index is 1570. The first-order valence-corrected chi connectivity index (χ1v) is 15.1. The standard InChI is InChI=1S/C30H30N2O3S2/c1-2-3-12-25-21-23(26-15-7-8-16-27(26)32(25)24-13-5-4-6-14-24)22-30-31(19-11-20-37(33,34)35)28-17-9-10-18-29(28)36-30/h4-10,13-18,21-22H,2-3,11-12,19-20H2,1H3/p+1. The lowest BCUT2D eigenvalue weighted by Gasteiger charge is -2.34. The van der Waals surface area contributed by atoms with Gasteiger partial charge in [-0.05, 0) is 48.8 Å². The van der Waals surface area contributed by atoms with Crippen molar-refractivity contribution in [3.05, 3.63) is 101 Å². The topological polar surface area (TPSA) is 61.5 Å². The van der Waals surface area contributed by atoms with Crippen molar-refractivity contribution in [2.45, 2.75) is 39.2 Å². The fourth-order valence-electron chi connectivity index (χ4n) is 4.86. The third kappa shape index (κ3) is 5.69. The van der Waals surface area contributed by atoms with Gasteiger partial charge in [0.05, 0.1) is 11.4 Å². The minimum Gasteiger partial charge on any atom is -0.314 e. The van der Waals surface area contributed by atoms with Gasteiger partial charge >= 0.3 is 0 Å². The summed E-state index contributed by atoms with van der Waals surface area (Å²) in [5.41, 5.74) is 6.94. The van der Waals surface area contributed by atoms with E-state index in [9.17, 15) is 13.0 Å². The van der Waals surface area contributed by atoms with Crippen molar-refractivity contribution >= 4 is 54.7 Å². The highest BCUT2D eigenvalue weighted by Gasteiger charge is 2.26. The zero-order valence-corrected chi connectivity index (χ0v) is 22.5. The van der Waals surface area contributed by atoms with Crippen LogP contribution in [0.5, 0.6) is 0 Å². The normalized spacial score (nSPS) is 14.7. The molecule has 0 amide bonds. The summed E-state index contributed by atoms with van der Waals surface area (Å²) in [6, 6.07) is 27.2. The molecule has 0 spiro atoms. The molecule has 0 unspecified atom stereocenters. The lowest BCUT2D eigenvalue weighted by molar-refractivity contribution is -0.668. The number of hydrogen-bond donors (Lipinski definition) is 1. The number of allylic oxidation sites excluding steroid dienone is 3. The Labute approximate surface area is 222 Å². The lowest BCUT2D eigenvalue weighted by atomic mass is 9.94. The highest BCUT2D eigenvalue weighted by Crippen LogP contribution is 2.43. The van der Waals surface area contributed by atoms with E-state index in [1.165, 1.54) is 5.70 Å². The minimum atomic E-state index is -4.00. The number of fused-ring (bicyclic) bond motifs is 2. The third-order valence-electron chi connectivity index (χ3n) is 6.57. The smallest absolute Gasteiger partial charge is 0.265 e. The quantitative estimate of drug-likeness (QED) is 0.183. The molecule has 1 aromatic heterocycles. The first-order valence-electron chi connectivity index (χ1n) is 12.7. The first kappa shape index (κ1) is 25.4. The van der Waals surface area contributed by atoms with Gasteiger partial charge < -0.3 is 4.90 Å². The fourth-order valence-corrected chi connectivity index (χ4v) is 6.50. The number of aromatic nitrogens is 1. The number of para-hydroxylation sites is 3. The second-order valence-electron chi connectivity index (χ2n) is 9.23. The molecule has 0 bridgehead atoms. The molecule has 190 valence electrons. The van der Waals surface area contributed by atoms with Crippen molar-refractivity contribution in [2.75, 3.05) is 10.7 Å². The van der Waals surface area contributed by atoms with Crippen molar-refractivity contribution in [3.8, 4) is 0 Å². The number of anilines is 2. The second-order valence-corrected chi connectivity index (χ2v) is 11.9. The monoisotopic (exact) mass is 531 g/mol. The molecule has 1 aliphatic heterocycles. The van der Waals surface area contributed by atoms with Crippen LogP contribution in [0.1, 0.15) is 43.2 Å². The van der Waals surface area contributed by atoms with Crippen LogP contribution in [0.3, 0.4) is 0 Å². The van der Waals surface area contributed by atoms with Gasteiger partial charge in [-0.2, -0.15) is 13.0 Å². The van der Waals surface area contributed by atoms with Crippen LogP contribution >= 0.6 is 11.3 Å². The van der Waals surface area contributed by atoms with E-state index in [1.807, 2.05) is 18.2 Å². The molecule has 37 heavy (non-hydrogen) atoms. The molecule has 0 saturated heterocycles. The van der Waals surface area contributed by atoms with Crippen LogP contribution < -0.4 is 9.47 Å². The van der Waals surface area contributed by atoms with E-state index in [-0.39, 0.29) is 5.75 Å². The van der Waals surface area contributed by atoms with Gasteiger partial charge in [0.25, 0.3) is 15.1 Å². The molecule has 0 atom stereocenters. The summed E-state index contributed by atoms with van der Waals surface area (Å²) < 4.78 is 35.3. The van der Waals surface area contributed by atoms with Crippen LogP contribution in [-0.2, 0) is 16.7 Å². The van der Waals surface area contributed by atoms with Crippen molar-refractivity contribution in [2.24, 2.45) is 0 Å². The van der Waals surface area contributed by atoms with E-state index in [0.717, 1.165) is 57.0 Å². The van der Waals surface area contributed by atoms with E-state index in [4.69, 9.17) is 0 Å². The molecular weight excluding hydrogens is 500 g/mol. The van der Waals surface area contributed by atoms with E-state index in [1.54, 1.807) is 11.3 Å². The number of benzene rings is 3. The lowest BCUT2D eigenvalue weighted by Crippen LogP contribution is -2.36. The first-order chi connectivity index (χ1) is 17.9. The Morgan fingerprint density at radius 1 is 0.946 bits per heavy atom. The maximum atomic E-state index is 11.4. The molecule has 0 saturated carbocycles. The van der Waals surface area contributed by atoms with E-state index >= 15 is 0 Å². The Morgan fingerprint density at radius 2 is 1.68 bits per heavy atom. The molecule has 4 aromatic rings. The average molecular weight is 532 g/mol. The predicted molar refractivity (Wildman–Crippen MR) is 154 cm³/mol. The Morgan fingerprint density at radius 3 is 2.46 bits per heavy atom. The van der Waals surface area contributed by atoms with Crippen LogP contribution in [0.25, 0.3) is 21.9 Å². The van der Waals surface area contributed by atoms with Gasteiger partial charge in [0.1, 0.15) is 4.70 Å². The fraction of sp³-hybridized carbons (Fsp3) is 0.233. The number of aryl methyl sites for hydroxylation is 1. The number of thiazole rings is 1. The molecule has 2 heterocycles. The van der Waals surface area contributed by atoms with Gasteiger partial charge in [0, 0.05) is 35.5 Å². The average Bonchev–Trinajstić information content (AvgIpc) is 3.24. The SMILES string of the molecule is CCCCC1=C/C(=C\c2sc3ccccc3[n+]2CCCS(=O)(=O)O)c2ccccc2N1c1ccccc1. The summed E-state index contributed by atoms with van der Waals surface area (Å²) in [5.74, 6) is -0.254. The Hall–Kier alpha value is -3.26. The molecular formula is C30H31N2O3S2+. The third-order valence-corrected chi connectivity index (χ3v) is 8.48. The van der Waals surface area contributed by atoms with Gasteiger partial charge in [0.15, 0.2) is 6.54 Å². The molecule has 5 nitrogen and oxygen atoms in total. The Balaban J connectivity index is 1.63. The van der Waals surface area contributed by atoms with Crippen molar-refractivity contribution in [3.63, 3.8) is 0 Å². The van der Waals surface area contributed by atoms with Crippen LogP contribution in [-0.4, -0.2) is 18.7 Å². The maximum absolute atomic E-state index is 11.4. The maximum Gasteiger partial charge on any atom is 0.265 e. The summed E-state index contributed by atoms with van der Waals surface area (Å²) in [7, 11) is -4.00. The van der Waals surface area contributed by atoms with Gasteiger partial charge in [-0.1, -0.05) is 73.2 Å². The molecule has 0 fully saturated rings. The molecule has 5 rings (SSSR count). The van der Waals surface area contributed by atoms with Crippen molar-refractivity contribution in [1.82, 2.24) is 0 Å². The molecule has 1 N–H and O–H groups in total.